The van der Waals surface area contributed by atoms with Gasteiger partial charge < -0.3 is 22.4 Å². The fourth-order valence-electron chi connectivity index (χ4n) is 1.33. The third-order valence-electron chi connectivity index (χ3n) is 2.10. The zero-order valence-corrected chi connectivity index (χ0v) is 12.8. The van der Waals surface area contributed by atoms with E-state index in [9.17, 15) is 12.9 Å². The van der Waals surface area contributed by atoms with Crippen molar-refractivity contribution in [2.45, 2.75) is 6.92 Å². The van der Waals surface area contributed by atoms with Gasteiger partial charge in [0, 0.05) is 0 Å². The molecule has 0 saturated carbocycles. The Hall–Kier alpha value is 0.311. The largest absolute Gasteiger partial charge is 1.00 e. The van der Waals surface area contributed by atoms with Crippen LogP contribution in [0.1, 0.15) is 5.56 Å². The molecule has 0 aliphatic rings. The summed E-state index contributed by atoms with van der Waals surface area (Å²) in [4.78, 5) is 0. The van der Waals surface area contributed by atoms with E-state index in [2.05, 4.69) is 0 Å². The molecule has 1 rings (SSSR count). The van der Waals surface area contributed by atoms with Crippen LogP contribution < -0.4 is 66.3 Å². The smallest absolute Gasteiger partial charge is 0.500 e. The average Bonchev–Trinajstić information content (AvgIpc) is 2.15. The second-order valence-corrected chi connectivity index (χ2v) is 3.14. The topological polar surface area (TPSA) is 18.5 Å². The molecule has 1 aromatic carbocycles. The second-order valence-electron chi connectivity index (χ2n) is 3.14. The van der Waals surface area contributed by atoms with Crippen molar-refractivity contribution < 1.29 is 73.8 Å². The SMILES string of the molecule is COc1cc([B-](F)(F)F)c(OC)cc1C.[K+]. The van der Waals surface area contributed by atoms with Crippen LogP contribution in [0.15, 0.2) is 12.1 Å². The molecule has 0 saturated heterocycles. The van der Waals surface area contributed by atoms with E-state index in [1.807, 2.05) is 0 Å². The van der Waals surface area contributed by atoms with Crippen molar-refractivity contribution in [3.05, 3.63) is 17.7 Å². The van der Waals surface area contributed by atoms with Crippen LogP contribution in [0.5, 0.6) is 11.5 Å². The first-order valence-corrected chi connectivity index (χ1v) is 4.32. The van der Waals surface area contributed by atoms with E-state index >= 15 is 0 Å². The van der Waals surface area contributed by atoms with Crippen molar-refractivity contribution in [3.8, 4) is 11.5 Å². The molecule has 0 amide bonds. The number of halogens is 3. The van der Waals surface area contributed by atoms with Gasteiger partial charge in [-0.1, -0.05) is 5.46 Å². The van der Waals surface area contributed by atoms with Gasteiger partial charge in [0.15, 0.2) is 0 Å². The van der Waals surface area contributed by atoms with Gasteiger partial charge in [0.1, 0.15) is 5.75 Å². The Morgan fingerprint density at radius 2 is 1.50 bits per heavy atom. The second kappa shape index (κ2) is 6.30. The first kappa shape index (κ1) is 16.3. The third kappa shape index (κ3) is 3.66. The first-order valence-electron chi connectivity index (χ1n) is 4.32. The van der Waals surface area contributed by atoms with E-state index in [0.717, 1.165) is 6.07 Å². The van der Waals surface area contributed by atoms with Crippen LogP contribution in [0.25, 0.3) is 0 Å². The van der Waals surface area contributed by atoms with Crippen molar-refractivity contribution in [2.24, 2.45) is 0 Å². The summed E-state index contributed by atoms with van der Waals surface area (Å²) < 4.78 is 47.4. The van der Waals surface area contributed by atoms with E-state index < -0.39 is 12.4 Å². The van der Waals surface area contributed by atoms with Gasteiger partial charge >= 0.3 is 58.4 Å². The van der Waals surface area contributed by atoms with E-state index in [4.69, 9.17) is 9.47 Å². The molecule has 7 heteroatoms. The average molecular weight is 258 g/mol. The minimum absolute atomic E-state index is 0. The molecule has 16 heavy (non-hydrogen) atoms. The van der Waals surface area contributed by atoms with E-state index in [-0.39, 0.29) is 62.9 Å². The maximum atomic E-state index is 12.6. The van der Waals surface area contributed by atoms with Crippen LogP contribution in [0, 0.1) is 6.92 Å². The number of ether oxygens (including phenoxy) is 2. The predicted octanol–water partition coefficient (Wildman–Crippen LogP) is -0.929. The molecule has 0 spiro atoms. The Balaban J connectivity index is 0.00000225. The zero-order valence-electron chi connectivity index (χ0n) is 9.68. The van der Waals surface area contributed by atoms with Gasteiger partial charge in [-0.05, 0) is 24.6 Å². The van der Waals surface area contributed by atoms with E-state index in [1.165, 1.54) is 20.3 Å². The van der Waals surface area contributed by atoms with Gasteiger partial charge in [0.05, 0.1) is 20.0 Å². The summed E-state index contributed by atoms with van der Waals surface area (Å²) in [7, 11) is 2.55. The molecule has 1 aromatic rings. The summed E-state index contributed by atoms with van der Waals surface area (Å²) >= 11 is 0. The number of rotatable bonds is 3. The molecule has 0 bridgehead atoms. The molecular formula is C9H11BF3KO2. The molecule has 0 aliphatic carbocycles. The fraction of sp³-hybridized carbons (Fsp3) is 0.333. The minimum atomic E-state index is -5.08. The van der Waals surface area contributed by atoms with Crippen LogP contribution in [0.3, 0.4) is 0 Å². The first-order chi connectivity index (χ1) is 6.90. The van der Waals surface area contributed by atoms with Gasteiger partial charge in [-0.15, -0.1) is 0 Å². The number of methoxy groups -OCH3 is 2. The van der Waals surface area contributed by atoms with E-state index in [1.54, 1.807) is 6.92 Å². The number of benzene rings is 1. The Kier molecular flexibility index (Phi) is 6.42. The standard InChI is InChI=1S/C9H11BF3O2.K/c1-6-4-9(15-3)7(10(11,12)13)5-8(6)14-2;/h4-5H,1-3H3;/q-1;+1. The summed E-state index contributed by atoms with van der Waals surface area (Å²) in [5.41, 5.74) is -0.155. The molecule has 0 aliphatic heterocycles. The Labute approximate surface area is 135 Å². The zero-order chi connectivity index (χ0) is 11.6. The quantitative estimate of drug-likeness (QED) is 0.652. The predicted molar refractivity (Wildman–Crippen MR) is 53.0 cm³/mol. The molecular weight excluding hydrogens is 247 g/mol. The molecule has 0 aromatic heterocycles. The molecule has 0 N–H and O–H groups in total. The van der Waals surface area contributed by atoms with Crippen molar-refractivity contribution in [1.29, 1.82) is 0 Å². The monoisotopic (exact) mass is 258 g/mol. The summed E-state index contributed by atoms with van der Waals surface area (Å²) in [5.74, 6) is 0.0470. The van der Waals surface area contributed by atoms with Crippen molar-refractivity contribution in [1.82, 2.24) is 0 Å². The van der Waals surface area contributed by atoms with Crippen molar-refractivity contribution >= 4 is 12.4 Å². The van der Waals surface area contributed by atoms with Crippen LogP contribution >= 0.6 is 0 Å². The minimum Gasteiger partial charge on any atom is -0.500 e. The molecule has 2 nitrogen and oxygen atoms in total. The van der Waals surface area contributed by atoms with Gasteiger partial charge in [-0.3, -0.25) is 0 Å². The van der Waals surface area contributed by atoms with Crippen LogP contribution in [0.4, 0.5) is 12.9 Å². The van der Waals surface area contributed by atoms with Gasteiger partial charge in [-0.25, -0.2) is 0 Å². The molecule has 0 fully saturated rings. The van der Waals surface area contributed by atoms with Crippen LogP contribution in [-0.4, -0.2) is 21.2 Å². The fourth-order valence-corrected chi connectivity index (χ4v) is 1.33. The number of hydrogen-bond acceptors (Lipinski definition) is 2. The molecule has 0 unspecified atom stereocenters. The summed E-state index contributed by atoms with van der Waals surface area (Å²) in [6, 6.07) is 2.29. The Morgan fingerprint density at radius 3 is 1.88 bits per heavy atom. The normalized spacial score (nSPS) is 10.6. The maximum Gasteiger partial charge on any atom is 1.00 e. The maximum absolute atomic E-state index is 12.6. The van der Waals surface area contributed by atoms with Gasteiger partial charge in [0.2, 0.25) is 0 Å². The molecule has 0 heterocycles. The number of hydrogen-bond donors (Lipinski definition) is 0. The summed E-state index contributed by atoms with van der Waals surface area (Å²) in [6.45, 7) is -3.42. The van der Waals surface area contributed by atoms with Crippen molar-refractivity contribution in [2.75, 3.05) is 14.2 Å². The summed E-state index contributed by atoms with van der Waals surface area (Å²) in [5, 5.41) is 0. The third-order valence-corrected chi connectivity index (χ3v) is 2.10. The number of aryl methyl sites for hydroxylation is 1. The molecule has 0 radical (unpaired) electrons. The van der Waals surface area contributed by atoms with Gasteiger partial charge in [-0.2, -0.15) is 0 Å². The summed E-state index contributed by atoms with van der Waals surface area (Å²) in [6.07, 6.45) is 0. The van der Waals surface area contributed by atoms with Crippen LogP contribution in [0.2, 0.25) is 0 Å². The van der Waals surface area contributed by atoms with Gasteiger partial charge in [0.25, 0.3) is 0 Å². The Bertz CT molecular complexity index is 369. The van der Waals surface area contributed by atoms with Crippen molar-refractivity contribution in [3.63, 3.8) is 0 Å². The van der Waals surface area contributed by atoms with E-state index in [0.29, 0.717) is 5.56 Å². The molecule has 84 valence electrons. The Morgan fingerprint density at radius 1 is 1.00 bits per heavy atom. The molecule has 0 atom stereocenters. The van der Waals surface area contributed by atoms with Crippen LogP contribution in [-0.2, 0) is 0 Å².